The van der Waals surface area contributed by atoms with Gasteiger partial charge in [0.2, 0.25) is 0 Å². The minimum Gasteiger partial charge on any atom is -0.458 e. The van der Waals surface area contributed by atoms with Crippen LogP contribution in [-0.2, 0) is 5.41 Å². The normalized spacial score (nSPS) is 12.6. The monoisotopic (exact) mass is 881 g/mol. The van der Waals surface area contributed by atoms with Gasteiger partial charge in [0.1, 0.15) is 11.5 Å². The number of nitrogens with zero attached hydrogens (tertiary/aromatic N) is 1. The van der Waals surface area contributed by atoms with Crippen molar-refractivity contribution in [2.45, 2.75) is 26.2 Å². The average Bonchev–Trinajstić information content (AvgIpc) is 3.40. The van der Waals surface area contributed by atoms with E-state index in [0.29, 0.717) is 0 Å². The van der Waals surface area contributed by atoms with Crippen molar-refractivity contribution in [3.8, 4) is 67.1 Å². The van der Waals surface area contributed by atoms with Gasteiger partial charge in [0, 0.05) is 22.5 Å². The van der Waals surface area contributed by atoms with Crippen LogP contribution in [0.25, 0.3) is 77.2 Å². The smallest absolute Gasteiger partial charge is 0.256 e. The van der Waals surface area contributed by atoms with Gasteiger partial charge < -0.3 is 9.64 Å². The highest BCUT2D eigenvalue weighted by Crippen LogP contribution is 2.51. The second kappa shape index (κ2) is 16.1. The number of hydrogen-bond donors (Lipinski definition) is 0. The molecule has 0 amide bonds. The molecule has 0 fully saturated rings. The topological polar surface area (TPSA) is 12.5 Å². The summed E-state index contributed by atoms with van der Waals surface area (Å²) < 4.78 is 7.19. The molecule has 326 valence electrons. The molecule has 0 radical (unpaired) electrons. The lowest BCUT2D eigenvalue weighted by Gasteiger charge is -2.42. The lowest BCUT2D eigenvalue weighted by molar-refractivity contribution is 0.483. The molecule has 11 aromatic rings. The largest absolute Gasteiger partial charge is 0.458 e. The zero-order valence-corrected chi connectivity index (χ0v) is 38.9. The van der Waals surface area contributed by atoms with Gasteiger partial charge in [-0.25, -0.2) is 0 Å². The van der Waals surface area contributed by atoms with E-state index in [9.17, 15) is 0 Å². The summed E-state index contributed by atoms with van der Waals surface area (Å²) in [5, 5.41) is 4.94. The fraction of sp³-hybridized carbons (Fsp3) is 0.0606. The molecule has 0 saturated heterocycles. The summed E-state index contributed by atoms with van der Waals surface area (Å²) in [6.45, 7) is 6.83. The minimum atomic E-state index is -0.171. The predicted octanol–water partition coefficient (Wildman–Crippen LogP) is 16.0. The zero-order valence-electron chi connectivity index (χ0n) is 38.9. The Hall–Kier alpha value is -8.40. The first-order chi connectivity index (χ1) is 33.9. The van der Waals surface area contributed by atoms with Crippen molar-refractivity contribution in [1.29, 1.82) is 0 Å². The van der Waals surface area contributed by atoms with Crippen molar-refractivity contribution in [1.82, 2.24) is 0 Å². The fourth-order valence-electron chi connectivity index (χ4n) is 11.2. The van der Waals surface area contributed by atoms with E-state index in [1.54, 1.807) is 0 Å². The van der Waals surface area contributed by atoms with Gasteiger partial charge in [-0.15, -0.1) is 0 Å². The summed E-state index contributed by atoms with van der Waals surface area (Å²) in [7, 11) is 0. The Kier molecular flexibility index (Phi) is 9.56. The number of hydrogen-bond acceptors (Lipinski definition) is 2. The molecule has 0 aromatic heterocycles. The van der Waals surface area contributed by atoms with E-state index in [0.717, 1.165) is 50.8 Å². The van der Waals surface area contributed by atoms with Crippen LogP contribution in [0.4, 0.5) is 17.1 Å². The van der Waals surface area contributed by atoms with Crippen LogP contribution in [0.2, 0.25) is 0 Å². The van der Waals surface area contributed by atoms with Crippen molar-refractivity contribution < 1.29 is 4.74 Å². The maximum Gasteiger partial charge on any atom is 0.256 e. The summed E-state index contributed by atoms with van der Waals surface area (Å²) in [4.78, 5) is 2.60. The zero-order chi connectivity index (χ0) is 46.2. The Balaban J connectivity index is 1.17. The van der Waals surface area contributed by atoms with Gasteiger partial charge in [0.15, 0.2) is 0 Å². The Morgan fingerprint density at radius 1 is 0.362 bits per heavy atom. The van der Waals surface area contributed by atoms with Crippen LogP contribution in [0.5, 0.6) is 11.5 Å². The molecule has 2 aliphatic rings. The van der Waals surface area contributed by atoms with Gasteiger partial charge in [0.25, 0.3) is 6.71 Å². The van der Waals surface area contributed by atoms with Gasteiger partial charge >= 0.3 is 0 Å². The van der Waals surface area contributed by atoms with E-state index < -0.39 is 0 Å². The first kappa shape index (κ1) is 40.8. The van der Waals surface area contributed by atoms with E-state index in [4.69, 9.17) is 4.74 Å². The molecule has 2 nitrogen and oxygen atoms in total. The maximum atomic E-state index is 7.19. The molecule has 0 spiro atoms. The standard InChI is InChI=1S/C66H48BNO/c1-66(2,3)49-41-59-64-61(42-49)69-60-38-36-47(43-21-8-4-9-22-43)39-57(60)67(64)56-37-35-48(63-54-31-18-16-29-52(54)62(46-27-14-7-15-28-46)53-30-17-19-32-55(53)63)40-58(56)68(59)65-50(44-23-10-5-11-24-44)33-20-34-51(65)45-25-12-6-13-26-45/h4-42H,1-3H3. The van der Waals surface area contributed by atoms with Crippen molar-refractivity contribution in [2.24, 2.45) is 0 Å². The lowest BCUT2D eigenvalue weighted by atomic mass is 9.34. The summed E-state index contributed by atoms with van der Waals surface area (Å²) in [6.07, 6.45) is 0. The lowest BCUT2D eigenvalue weighted by Crippen LogP contribution is -2.59. The van der Waals surface area contributed by atoms with Crippen molar-refractivity contribution in [3.63, 3.8) is 0 Å². The average molecular weight is 882 g/mol. The molecule has 0 unspecified atom stereocenters. The van der Waals surface area contributed by atoms with Crippen molar-refractivity contribution >= 4 is 61.7 Å². The summed E-state index contributed by atoms with van der Waals surface area (Å²) in [5.41, 5.74) is 20.0. The van der Waals surface area contributed by atoms with Gasteiger partial charge in [-0.3, -0.25) is 0 Å². The van der Waals surface area contributed by atoms with Crippen LogP contribution >= 0.6 is 0 Å². The predicted molar refractivity (Wildman–Crippen MR) is 293 cm³/mol. The molecule has 2 aliphatic heterocycles. The second-order valence-corrected chi connectivity index (χ2v) is 19.6. The van der Waals surface area contributed by atoms with Crippen molar-refractivity contribution in [3.05, 3.63) is 242 Å². The Morgan fingerprint density at radius 3 is 1.41 bits per heavy atom. The molecule has 13 rings (SSSR count). The molecule has 0 atom stereocenters. The fourth-order valence-corrected chi connectivity index (χ4v) is 11.2. The first-order valence-electron chi connectivity index (χ1n) is 24.1. The Labute approximate surface area is 404 Å². The quantitative estimate of drug-likeness (QED) is 0.122. The third kappa shape index (κ3) is 6.72. The van der Waals surface area contributed by atoms with E-state index in [2.05, 4.69) is 262 Å². The highest BCUT2D eigenvalue weighted by Gasteiger charge is 2.44. The molecular weight excluding hydrogens is 834 g/mol. The van der Waals surface area contributed by atoms with Gasteiger partial charge in [-0.05, 0) is 118 Å². The number of para-hydroxylation sites is 1. The number of benzene rings is 11. The van der Waals surface area contributed by atoms with Gasteiger partial charge in [0.05, 0.1) is 5.69 Å². The highest BCUT2D eigenvalue weighted by atomic mass is 16.5. The van der Waals surface area contributed by atoms with Crippen LogP contribution < -0.4 is 26.0 Å². The highest BCUT2D eigenvalue weighted by molar-refractivity contribution is 6.99. The molecule has 2 heterocycles. The van der Waals surface area contributed by atoms with Crippen LogP contribution in [0.3, 0.4) is 0 Å². The second-order valence-electron chi connectivity index (χ2n) is 19.6. The van der Waals surface area contributed by atoms with Crippen LogP contribution in [0.15, 0.2) is 237 Å². The van der Waals surface area contributed by atoms with Crippen LogP contribution in [0.1, 0.15) is 26.3 Å². The van der Waals surface area contributed by atoms with E-state index >= 15 is 0 Å². The first-order valence-corrected chi connectivity index (χ1v) is 24.1. The molecular formula is C66H48BNO. The van der Waals surface area contributed by atoms with Crippen LogP contribution in [-0.4, -0.2) is 6.71 Å². The third-order valence-electron chi connectivity index (χ3n) is 14.5. The molecule has 3 heteroatoms. The molecule has 0 saturated carbocycles. The van der Waals surface area contributed by atoms with E-state index in [1.165, 1.54) is 76.9 Å². The van der Waals surface area contributed by atoms with Crippen molar-refractivity contribution in [2.75, 3.05) is 4.90 Å². The Morgan fingerprint density at radius 2 is 0.855 bits per heavy atom. The maximum absolute atomic E-state index is 7.19. The third-order valence-corrected chi connectivity index (χ3v) is 14.5. The van der Waals surface area contributed by atoms with Gasteiger partial charge in [-0.1, -0.05) is 233 Å². The molecule has 69 heavy (non-hydrogen) atoms. The molecule has 11 aromatic carbocycles. The summed E-state index contributed by atoms with van der Waals surface area (Å²) >= 11 is 0. The molecule has 0 N–H and O–H groups in total. The Bertz CT molecular complexity index is 3670. The SMILES string of the molecule is CC(C)(C)c1cc2c3c(c1)N(c1c(-c4ccccc4)cccc1-c1ccccc1)c1cc(-c4c5ccccc5c(-c5ccccc5)c5ccccc45)ccc1B3c1cc(-c3ccccc3)ccc1O2. The van der Waals surface area contributed by atoms with E-state index in [1.807, 2.05) is 0 Å². The number of fused-ring (bicyclic) bond motifs is 6. The van der Waals surface area contributed by atoms with E-state index in [-0.39, 0.29) is 12.1 Å². The summed E-state index contributed by atoms with van der Waals surface area (Å²) in [6, 6.07) is 87.1. The summed E-state index contributed by atoms with van der Waals surface area (Å²) in [5.74, 6) is 1.81. The number of ether oxygens (including phenoxy) is 1. The molecule has 0 bridgehead atoms. The number of anilines is 3. The molecule has 0 aliphatic carbocycles. The minimum absolute atomic E-state index is 0.102. The number of rotatable bonds is 6. The van der Waals surface area contributed by atoms with Crippen LogP contribution in [0, 0.1) is 0 Å². The van der Waals surface area contributed by atoms with Gasteiger partial charge in [-0.2, -0.15) is 0 Å².